The predicted octanol–water partition coefficient (Wildman–Crippen LogP) is 3.28. The van der Waals surface area contributed by atoms with Gasteiger partial charge in [-0.15, -0.1) is 24.0 Å². The Labute approximate surface area is 173 Å². The van der Waals surface area contributed by atoms with Crippen molar-refractivity contribution in [2.75, 3.05) is 20.8 Å². The van der Waals surface area contributed by atoms with Crippen LogP contribution in [0.4, 0.5) is 0 Å². The fourth-order valence-electron chi connectivity index (χ4n) is 3.21. The monoisotopic (exact) mass is 477 g/mol. The summed E-state index contributed by atoms with van der Waals surface area (Å²) in [6.07, 6.45) is 0.935. The SMILES string of the molecule is CCNC(=NCc1ccc(OC)c(O)c1)NC1CC(C)(OC)C1(C)C.I. The number of hydrogen-bond acceptors (Lipinski definition) is 4. The van der Waals surface area contributed by atoms with Gasteiger partial charge in [-0.05, 0) is 38.0 Å². The third-order valence-corrected chi connectivity index (χ3v) is 5.60. The molecule has 1 aromatic carbocycles. The molecule has 0 bridgehead atoms. The molecule has 1 fully saturated rings. The third kappa shape index (κ3) is 4.54. The van der Waals surface area contributed by atoms with Gasteiger partial charge in [-0.3, -0.25) is 0 Å². The van der Waals surface area contributed by atoms with Crippen LogP contribution in [0.2, 0.25) is 0 Å². The van der Waals surface area contributed by atoms with Gasteiger partial charge in [0.2, 0.25) is 0 Å². The van der Waals surface area contributed by atoms with Crippen LogP contribution in [0.5, 0.6) is 11.5 Å². The van der Waals surface area contributed by atoms with Gasteiger partial charge in [-0.25, -0.2) is 4.99 Å². The summed E-state index contributed by atoms with van der Waals surface area (Å²) in [5, 5.41) is 16.7. The molecule has 7 heteroatoms. The second-order valence-corrected chi connectivity index (χ2v) is 7.26. The quantitative estimate of drug-likeness (QED) is 0.333. The van der Waals surface area contributed by atoms with Crippen LogP contribution >= 0.6 is 24.0 Å². The van der Waals surface area contributed by atoms with E-state index in [1.165, 1.54) is 7.11 Å². The molecule has 2 atom stereocenters. The van der Waals surface area contributed by atoms with Gasteiger partial charge in [0.1, 0.15) is 0 Å². The van der Waals surface area contributed by atoms with Gasteiger partial charge in [0.25, 0.3) is 0 Å². The average molecular weight is 477 g/mol. The summed E-state index contributed by atoms with van der Waals surface area (Å²) < 4.78 is 10.8. The van der Waals surface area contributed by atoms with Crippen LogP contribution in [-0.2, 0) is 11.3 Å². The summed E-state index contributed by atoms with van der Waals surface area (Å²) in [7, 11) is 3.31. The smallest absolute Gasteiger partial charge is 0.191 e. The first-order valence-corrected chi connectivity index (χ1v) is 8.73. The number of ether oxygens (including phenoxy) is 2. The molecule has 6 nitrogen and oxygen atoms in total. The highest BCUT2D eigenvalue weighted by atomic mass is 127. The Balaban J connectivity index is 0.00000338. The van der Waals surface area contributed by atoms with Crippen molar-refractivity contribution >= 4 is 29.9 Å². The maximum Gasteiger partial charge on any atom is 0.191 e. The summed E-state index contributed by atoms with van der Waals surface area (Å²) in [4.78, 5) is 4.64. The first-order chi connectivity index (χ1) is 11.8. The first-order valence-electron chi connectivity index (χ1n) is 8.73. The molecule has 0 aliphatic heterocycles. The molecule has 2 rings (SSSR count). The van der Waals surface area contributed by atoms with Crippen LogP contribution < -0.4 is 15.4 Å². The number of nitrogens with zero attached hydrogens (tertiary/aromatic N) is 1. The zero-order valence-corrected chi connectivity index (χ0v) is 18.9. The number of rotatable bonds is 6. The van der Waals surface area contributed by atoms with Gasteiger partial charge in [0.05, 0.1) is 19.3 Å². The molecule has 0 spiro atoms. The van der Waals surface area contributed by atoms with Crippen molar-refractivity contribution in [3.8, 4) is 11.5 Å². The number of phenolic OH excluding ortho intramolecular Hbond substituents is 1. The maximum atomic E-state index is 9.89. The molecular weight excluding hydrogens is 445 g/mol. The van der Waals surface area contributed by atoms with E-state index < -0.39 is 0 Å². The van der Waals surface area contributed by atoms with E-state index in [1.807, 2.05) is 13.0 Å². The lowest BCUT2D eigenvalue weighted by Gasteiger charge is -2.59. The molecule has 0 saturated heterocycles. The fraction of sp³-hybridized carbons (Fsp3) is 0.632. The van der Waals surface area contributed by atoms with Crippen molar-refractivity contribution in [1.29, 1.82) is 0 Å². The van der Waals surface area contributed by atoms with Crippen molar-refractivity contribution in [1.82, 2.24) is 10.6 Å². The molecule has 1 aromatic rings. The Morgan fingerprint density at radius 3 is 2.50 bits per heavy atom. The van der Waals surface area contributed by atoms with Crippen LogP contribution in [0.3, 0.4) is 0 Å². The number of guanidine groups is 1. The molecule has 0 heterocycles. The van der Waals surface area contributed by atoms with E-state index in [2.05, 4.69) is 36.4 Å². The lowest BCUT2D eigenvalue weighted by molar-refractivity contribution is -0.176. The fourth-order valence-corrected chi connectivity index (χ4v) is 3.21. The lowest BCUT2D eigenvalue weighted by atomic mass is 9.56. The minimum Gasteiger partial charge on any atom is -0.504 e. The molecule has 0 radical (unpaired) electrons. The molecule has 0 amide bonds. The van der Waals surface area contributed by atoms with Gasteiger partial charge < -0.3 is 25.2 Å². The van der Waals surface area contributed by atoms with Crippen LogP contribution in [0, 0.1) is 5.41 Å². The zero-order valence-electron chi connectivity index (χ0n) is 16.5. The predicted molar refractivity (Wildman–Crippen MR) is 116 cm³/mol. The Kier molecular flexibility index (Phi) is 8.01. The number of halogens is 1. The summed E-state index contributed by atoms with van der Waals surface area (Å²) in [6.45, 7) is 9.87. The minimum atomic E-state index is -0.121. The van der Waals surface area contributed by atoms with Crippen LogP contribution in [0.25, 0.3) is 0 Å². The van der Waals surface area contributed by atoms with E-state index in [4.69, 9.17) is 9.47 Å². The number of hydrogen-bond donors (Lipinski definition) is 3. The lowest BCUT2D eigenvalue weighted by Crippen LogP contribution is -2.69. The number of nitrogens with one attached hydrogen (secondary N) is 2. The van der Waals surface area contributed by atoms with Crippen LogP contribution in [-0.4, -0.2) is 43.5 Å². The van der Waals surface area contributed by atoms with Gasteiger partial charge in [0.15, 0.2) is 17.5 Å². The Morgan fingerprint density at radius 1 is 1.31 bits per heavy atom. The molecule has 1 aliphatic rings. The van der Waals surface area contributed by atoms with E-state index in [9.17, 15) is 5.11 Å². The van der Waals surface area contributed by atoms with Crippen molar-refractivity contribution in [2.24, 2.45) is 10.4 Å². The van der Waals surface area contributed by atoms with Gasteiger partial charge in [-0.1, -0.05) is 19.9 Å². The third-order valence-electron chi connectivity index (χ3n) is 5.60. The van der Waals surface area contributed by atoms with Crippen LogP contribution in [0.1, 0.15) is 39.7 Å². The second-order valence-electron chi connectivity index (χ2n) is 7.26. The molecule has 148 valence electrons. The van der Waals surface area contributed by atoms with Crippen molar-refractivity contribution in [3.63, 3.8) is 0 Å². The van der Waals surface area contributed by atoms with E-state index in [0.29, 0.717) is 18.3 Å². The largest absolute Gasteiger partial charge is 0.504 e. The second kappa shape index (κ2) is 9.12. The normalized spacial score (nSPS) is 24.2. The molecule has 1 aliphatic carbocycles. The van der Waals surface area contributed by atoms with Crippen molar-refractivity contribution in [3.05, 3.63) is 23.8 Å². The summed E-state index contributed by atoms with van der Waals surface area (Å²) >= 11 is 0. The standard InChI is InChI=1S/C19H31N3O3.HI/c1-7-20-17(22-16-11-19(4,25-6)18(16,2)3)21-12-13-8-9-15(24-5)14(23)10-13;/h8-10,16,23H,7,11-12H2,1-6H3,(H2,20,21,22);1H. The number of aliphatic imine (C=N–C) groups is 1. The molecule has 3 N–H and O–H groups in total. The Bertz CT molecular complexity index is 636. The van der Waals surface area contributed by atoms with Crippen molar-refractivity contribution in [2.45, 2.75) is 52.3 Å². The summed E-state index contributed by atoms with van der Waals surface area (Å²) in [5.74, 6) is 1.37. The van der Waals surface area contributed by atoms with Gasteiger partial charge in [-0.2, -0.15) is 0 Å². The molecule has 0 aromatic heterocycles. The molecule has 1 saturated carbocycles. The maximum absolute atomic E-state index is 9.89. The number of phenols is 1. The average Bonchev–Trinajstić information content (AvgIpc) is 2.59. The van der Waals surface area contributed by atoms with Crippen LogP contribution in [0.15, 0.2) is 23.2 Å². The highest BCUT2D eigenvalue weighted by molar-refractivity contribution is 14.0. The van der Waals surface area contributed by atoms with Crippen molar-refractivity contribution < 1.29 is 14.6 Å². The molecular formula is C19H32IN3O3. The Hall–Kier alpha value is -1.22. The number of benzene rings is 1. The summed E-state index contributed by atoms with van der Waals surface area (Å²) in [6, 6.07) is 5.63. The van der Waals surface area contributed by atoms with E-state index in [-0.39, 0.29) is 40.7 Å². The first kappa shape index (κ1) is 22.8. The minimum absolute atomic E-state index is 0. The highest BCUT2D eigenvalue weighted by Gasteiger charge is 2.58. The molecule has 26 heavy (non-hydrogen) atoms. The van der Waals surface area contributed by atoms with Gasteiger partial charge in [0, 0.05) is 25.1 Å². The molecule has 2 unspecified atom stereocenters. The zero-order chi connectivity index (χ0) is 18.7. The summed E-state index contributed by atoms with van der Waals surface area (Å²) in [5.41, 5.74) is 0.810. The number of methoxy groups -OCH3 is 2. The Morgan fingerprint density at radius 2 is 2.00 bits per heavy atom. The van der Waals surface area contributed by atoms with E-state index in [1.54, 1.807) is 19.2 Å². The number of aromatic hydroxyl groups is 1. The highest BCUT2D eigenvalue weighted by Crippen LogP contribution is 2.51. The van der Waals surface area contributed by atoms with Gasteiger partial charge >= 0.3 is 0 Å². The topological polar surface area (TPSA) is 75.1 Å². The van der Waals surface area contributed by atoms with E-state index >= 15 is 0 Å². The van der Waals surface area contributed by atoms with E-state index in [0.717, 1.165) is 24.5 Å².